The molecule has 1 saturated heterocycles. The zero-order chi connectivity index (χ0) is 22.0. The predicted octanol–water partition coefficient (Wildman–Crippen LogP) is 3.76. The first-order valence-electron chi connectivity index (χ1n) is 10.2. The SMILES string of the molecule is COc1cc(F)cc2c(N3CCN(c4ccccc4OC(C)C)CC3)c(C#N)nnc12. The van der Waals surface area contributed by atoms with Gasteiger partial charge < -0.3 is 19.3 Å². The third-order valence-electron chi connectivity index (χ3n) is 5.26. The fraction of sp³-hybridized carbons (Fsp3) is 0.348. The summed E-state index contributed by atoms with van der Waals surface area (Å²) in [6.45, 7) is 6.74. The normalized spacial score (nSPS) is 14.1. The summed E-state index contributed by atoms with van der Waals surface area (Å²) in [5.41, 5.74) is 2.26. The molecule has 0 bridgehead atoms. The highest BCUT2D eigenvalue weighted by atomic mass is 19.1. The average Bonchev–Trinajstić information content (AvgIpc) is 2.78. The molecule has 160 valence electrons. The molecule has 2 heterocycles. The van der Waals surface area contributed by atoms with E-state index >= 15 is 0 Å². The van der Waals surface area contributed by atoms with Gasteiger partial charge in [-0.05, 0) is 32.0 Å². The molecule has 4 rings (SSSR count). The molecule has 0 spiro atoms. The Kier molecular flexibility index (Phi) is 5.76. The van der Waals surface area contributed by atoms with E-state index in [2.05, 4.69) is 32.1 Å². The first kappa shape index (κ1) is 20.7. The summed E-state index contributed by atoms with van der Waals surface area (Å²) in [6, 6.07) is 12.8. The monoisotopic (exact) mass is 421 g/mol. The minimum atomic E-state index is -0.444. The molecule has 1 aromatic heterocycles. The van der Waals surface area contributed by atoms with Crippen LogP contribution in [0.15, 0.2) is 36.4 Å². The molecule has 0 radical (unpaired) electrons. The van der Waals surface area contributed by atoms with Crippen LogP contribution in [-0.4, -0.2) is 49.6 Å². The van der Waals surface area contributed by atoms with Gasteiger partial charge in [0.1, 0.15) is 28.9 Å². The number of piperazine rings is 1. The van der Waals surface area contributed by atoms with E-state index in [4.69, 9.17) is 9.47 Å². The lowest BCUT2D eigenvalue weighted by Crippen LogP contribution is -2.47. The number of hydrogen-bond donors (Lipinski definition) is 0. The van der Waals surface area contributed by atoms with Crippen molar-refractivity contribution in [2.45, 2.75) is 20.0 Å². The van der Waals surface area contributed by atoms with Crippen LogP contribution in [0.3, 0.4) is 0 Å². The molecule has 1 fully saturated rings. The minimum absolute atomic E-state index is 0.0831. The largest absolute Gasteiger partial charge is 0.494 e. The van der Waals surface area contributed by atoms with E-state index in [0.717, 1.165) is 24.5 Å². The van der Waals surface area contributed by atoms with Gasteiger partial charge in [-0.2, -0.15) is 5.26 Å². The van der Waals surface area contributed by atoms with Crippen LogP contribution >= 0.6 is 0 Å². The van der Waals surface area contributed by atoms with Gasteiger partial charge in [-0.1, -0.05) is 12.1 Å². The molecule has 0 atom stereocenters. The lowest BCUT2D eigenvalue weighted by atomic mass is 10.1. The lowest BCUT2D eigenvalue weighted by molar-refractivity contribution is 0.242. The number of nitrogens with zero attached hydrogens (tertiary/aromatic N) is 5. The lowest BCUT2D eigenvalue weighted by Gasteiger charge is -2.38. The third kappa shape index (κ3) is 4.04. The summed E-state index contributed by atoms with van der Waals surface area (Å²) in [6.07, 6.45) is 0.0831. The molecule has 1 aliphatic heterocycles. The van der Waals surface area contributed by atoms with E-state index in [0.29, 0.717) is 35.4 Å². The van der Waals surface area contributed by atoms with Gasteiger partial charge in [0, 0.05) is 37.6 Å². The van der Waals surface area contributed by atoms with Crippen LogP contribution in [0.2, 0.25) is 0 Å². The van der Waals surface area contributed by atoms with Crippen molar-refractivity contribution in [1.82, 2.24) is 10.2 Å². The zero-order valence-corrected chi connectivity index (χ0v) is 17.8. The van der Waals surface area contributed by atoms with E-state index in [9.17, 15) is 9.65 Å². The number of benzene rings is 2. The number of ether oxygens (including phenoxy) is 2. The molecule has 31 heavy (non-hydrogen) atoms. The second-order valence-electron chi connectivity index (χ2n) is 7.62. The zero-order valence-electron chi connectivity index (χ0n) is 17.8. The summed E-state index contributed by atoms with van der Waals surface area (Å²) < 4.78 is 25.5. The molecule has 2 aromatic carbocycles. The minimum Gasteiger partial charge on any atom is -0.494 e. The van der Waals surface area contributed by atoms with E-state index in [1.165, 1.54) is 19.2 Å². The highest BCUT2D eigenvalue weighted by Gasteiger charge is 2.25. The molecule has 0 N–H and O–H groups in total. The highest BCUT2D eigenvalue weighted by molar-refractivity contribution is 5.96. The third-order valence-corrected chi connectivity index (χ3v) is 5.26. The maximum atomic E-state index is 14.2. The quantitative estimate of drug-likeness (QED) is 0.621. The number of anilines is 2. The topological polar surface area (TPSA) is 74.5 Å². The van der Waals surface area contributed by atoms with Gasteiger partial charge in [0.25, 0.3) is 0 Å². The molecule has 7 nitrogen and oxygen atoms in total. The standard InChI is InChI=1S/C23H24FN5O2/c1-15(2)31-20-7-5-4-6-19(20)28-8-10-29(11-9-28)23-17-12-16(24)13-21(30-3)22(17)27-26-18(23)14-25/h4-7,12-13,15H,8-11H2,1-3H3. The summed E-state index contributed by atoms with van der Waals surface area (Å²) in [4.78, 5) is 4.33. The van der Waals surface area contributed by atoms with Crippen LogP contribution in [0.5, 0.6) is 11.5 Å². The molecule has 3 aromatic rings. The second-order valence-corrected chi connectivity index (χ2v) is 7.62. The number of nitriles is 1. The van der Waals surface area contributed by atoms with E-state index in [-0.39, 0.29) is 11.8 Å². The van der Waals surface area contributed by atoms with Crippen molar-refractivity contribution in [3.63, 3.8) is 0 Å². The first-order chi connectivity index (χ1) is 15.0. The van der Waals surface area contributed by atoms with Crippen LogP contribution < -0.4 is 19.3 Å². The summed E-state index contributed by atoms with van der Waals surface area (Å²) in [5.74, 6) is 0.707. The van der Waals surface area contributed by atoms with Gasteiger partial charge in [-0.25, -0.2) is 4.39 Å². The van der Waals surface area contributed by atoms with Crippen molar-refractivity contribution in [1.29, 1.82) is 5.26 Å². The molecule has 0 unspecified atom stereocenters. The maximum Gasteiger partial charge on any atom is 0.187 e. The molecule has 1 aliphatic rings. The van der Waals surface area contributed by atoms with Crippen LogP contribution in [0, 0.1) is 17.1 Å². The van der Waals surface area contributed by atoms with Crippen molar-refractivity contribution in [3.05, 3.63) is 47.9 Å². The molecule has 0 amide bonds. The number of rotatable bonds is 5. The Balaban J connectivity index is 1.66. The summed E-state index contributed by atoms with van der Waals surface area (Å²) >= 11 is 0. The van der Waals surface area contributed by atoms with Gasteiger partial charge in [-0.3, -0.25) is 0 Å². The predicted molar refractivity (Wildman–Crippen MR) is 117 cm³/mol. The number of hydrogen-bond acceptors (Lipinski definition) is 7. The Labute approximate surface area is 180 Å². The van der Waals surface area contributed by atoms with Crippen LogP contribution in [0.1, 0.15) is 19.5 Å². The summed E-state index contributed by atoms with van der Waals surface area (Å²) in [7, 11) is 1.46. The summed E-state index contributed by atoms with van der Waals surface area (Å²) in [5, 5.41) is 18.3. The molecular formula is C23H24FN5O2. The Hall–Kier alpha value is -3.60. The molecule has 0 saturated carbocycles. The van der Waals surface area contributed by atoms with E-state index in [1.54, 1.807) is 0 Å². The van der Waals surface area contributed by atoms with Crippen molar-refractivity contribution >= 4 is 22.3 Å². The highest BCUT2D eigenvalue weighted by Crippen LogP contribution is 2.35. The smallest absolute Gasteiger partial charge is 0.187 e. The van der Waals surface area contributed by atoms with Crippen LogP contribution in [0.4, 0.5) is 15.8 Å². The molecular weight excluding hydrogens is 397 g/mol. The van der Waals surface area contributed by atoms with Gasteiger partial charge >= 0.3 is 0 Å². The Morgan fingerprint density at radius 3 is 2.42 bits per heavy atom. The Morgan fingerprint density at radius 1 is 1.03 bits per heavy atom. The van der Waals surface area contributed by atoms with Crippen molar-refractivity contribution < 1.29 is 13.9 Å². The number of para-hydroxylation sites is 2. The first-order valence-corrected chi connectivity index (χ1v) is 10.2. The number of aromatic nitrogens is 2. The molecule has 0 aliphatic carbocycles. The van der Waals surface area contributed by atoms with Crippen molar-refractivity contribution in [3.8, 4) is 17.6 Å². The van der Waals surface area contributed by atoms with Crippen molar-refractivity contribution in [2.75, 3.05) is 43.1 Å². The maximum absolute atomic E-state index is 14.2. The van der Waals surface area contributed by atoms with Crippen molar-refractivity contribution in [2.24, 2.45) is 0 Å². The fourth-order valence-electron chi connectivity index (χ4n) is 3.93. The van der Waals surface area contributed by atoms with Gasteiger partial charge in [0.15, 0.2) is 5.69 Å². The Bertz CT molecular complexity index is 1140. The van der Waals surface area contributed by atoms with Gasteiger partial charge in [-0.15, -0.1) is 10.2 Å². The Morgan fingerprint density at radius 2 is 1.74 bits per heavy atom. The number of methoxy groups -OCH3 is 1. The second kappa shape index (κ2) is 8.64. The molecule has 8 heteroatoms. The average molecular weight is 421 g/mol. The fourth-order valence-corrected chi connectivity index (χ4v) is 3.93. The number of fused-ring (bicyclic) bond motifs is 1. The van der Waals surface area contributed by atoms with Gasteiger partial charge in [0.2, 0.25) is 0 Å². The van der Waals surface area contributed by atoms with Crippen LogP contribution in [0.25, 0.3) is 10.9 Å². The number of halogens is 1. The van der Waals surface area contributed by atoms with E-state index < -0.39 is 5.82 Å². The van der Waals surface area contributed by atoms with Crippen LogP contribution in [-0.2, 0) is 0 Å². The van der Waals surface area contributed by atoms with Gasteiger partial charge in [0.05, 0.1) is 24.6 Å². The van der Waals surface area contributed by atoms with E-state index in [1.807, 2.05) is 32.0 Å².